The molecule has 0 spiro atoms. The Balaban J connectivity index is 3.08. The molecule has 5 heteroatoms. The van der Waals surface area contributed by atoms with Crippen molar-refractivity contribution in [2.75, 3.05) is 19.6 Å². The maximum Gasteiger partial charge on any atom is 0.109 e. The summed E-state index contributed by atoms with van der Waals surface area (Å²) >= 11 is 3.59. The molecule has 0 aliphatic carbocycles. The fourth-order valence-electron chi connectivity index (χ4n) is 1.92. The standard InChI is InChI=1S/C11H21BrN4/c1-5-16(6-2)9(7-13)10-11(12)15(4)8(3)14-10/h9H,5-7,13H2,1-4H3. The summed E-state index contributed by atoms with van der Waals surface area (Å²) in [5.74, 6) is 1.01. The molecule has 0 bridgehead atoms. The largest absolute Gasteiger partial charge is 0.329 e. The van der Waals surface area contributed by atoms with E-state index in [4.69, 9.17) is 5.73 Å². The van der Waals surface area contributed by atoms with E-state index in [1.165, 1.54) is 0 Å². The average molecular weight is 289 g/mol. The first-order valence-electron chi connectivity index (χ1n) is 5.69. The molecule has 0 fully saturated rings. The molecule has 0 saturated carbocycles. The van der Waals surface area contributed by atoms with Crippen LogP contribution in [0.4, 0.5) is 0 Å². The summed E-state index contributed by atoms with van der Waals surface area (Å²) in [6.07, 6.45) is 0. The fraction of sp³-hybridized carbons (Fsp3) is 0.727. The topological polar surface area (TPSA) is 47.1 Å². The molecule has 1 rings (SSSR count). The van der Waals surface area contributed by atoms with Crippen molar-refractivity contribution in [3.05, 3.63) is 16.1 Å². The number of nitrogens with zero attached hydrogens (tertiary/aromatic N) is 3. The van der Waals surface area contributed by atoms with Crippen LogP contribution in [-0.4, -0.2) is 34.1 Å². The van der Waals surface area contributed by atoms with E-state index < -0.39 is 0 Å². The molecule has 92 valence electrons. The number of imidazole rings is 1. The van der Waals surface area contributed by atoms with Crippen molar-refractivity contribution >= 4 is 15.9 Å². The van der Waals surface area contributed by atoms with Crippen LogP contribution in [0.3, 0.4) is 0 Å². The van der Waals surface area contributed by atoms with Gasteiger partial charge in [-0.3, -0.25) is 4.90 Å². The molecule has 4 nitrogen and oxygen atoms in total. The summed E-state index contributed by atoms with van der Waals surface area (Å²) in [5.41, 5.74) is 6.92. The zero-order chi connectivity index (χ0) is 12.3. The maximum atomic E-state index is 5.87. The highest BCUT2D eigenvalue weighted by molar-refractivity contribution is 9.10. The monoisotopic (exact) mass is 288 g/mol. The van der Waals surface area contributed by atoms with E-state index in [-0.39, 0.29) is 6.04 Å². The molecule has 16 heavy (non-hydrogen) atoms. The highest BCUT2D eigenvalue weighted by Gasteiger charge is 2.23. The highest BCUT2D eigenvalue weighted by Crippen LogP contribution is 2.26. The molecule has 1 aromatic rings. The zero-order valence-electron chi connectivity index (χ0n) is 10.5. The van der Waals surface area contributed by atoms with Crippen molar-refractivity contribution in [3.63, 3.8) is 0 Å². The number of hydrogen-bond donors (Lipinski definition) is 1. The number of aromatic nitrogens is 2. The number of likely N-dealkylation sites (N-methyl/N-ethyl adjacent to an activating group) is 1. The molecule has 0 aliphatic heterocycles. The lowest BCUT2D eigenvalue weighted by Crippen LogP contribution is -2.34. The molecular weight excluding hydrogens is 268 g/mol. The van der Waals surface area contributed by atoms with E-state index in [0.29, 0.717) is 6.54 Å². The lowest BCUT2D eigenvalue weighted by Gasteiger charge is -2.27. The second-order valence-electron chi connectivity index (χ2n) is 3.87. The molecule has 0 aliphatic rings. The first kappa shape index (κ1) is 13.7. The van der Waals surface area contributed by atoms with E-state index in [1.807, 2.05) is 18.5 Å². The molecule has 1 atom stereocenters. The minimum Gasteiger partial charge on any atom is -0.329 e. The van der Waals surface area contributed by atoms with Crippen LogP contribution in [0.5, 0.6) is 0 Å². The van der Waals surface area contributed by atoms with Crippen LogP contribution in [0.2, 0.25) is 0 Å². The molecule has 1 heterocycles. The second kappa shape index (κ2) is 5.80. The molecule has 0 saturated heterocycles. The lowest BCUT2D eigenvalue weighted by molar-refractivity contribution is 0.219. The van der Waals surface area contributed by atoms with Gasteiger partial charge in [-0.15, -0.1) is 0 Å². The van der Waals surface area contributed by atoms with Gasteiger partial charge in [0.1, 0.15) is 10.4 Å². The molecule has 1 aromatic heterocycles. The van der Waals surface area contributed by atoms with Gasteiger partial charge in [0.15, 0.2) is 0 Å². The van der Waals surface area contributed by atoms with Crippen LogP contribution < -0.4 is 5.73 Å². The fourth-order valence-corrected chi connectivity index (χ4v) is 2.53. The van der Waals surface area contributed by atoms with Gasteiger partial charge in [-0.1, -0.05) is 13.8 Å². The number of halogens is 1. The van der Waals surface area contributed by atoms with Crippen LogP contribution in [0.25, 0.3) is 0 Å². The minimum atomic E-state index is 0.198. The van der Waals surface area contributed by atoms with Gasteiger partial charge in [0.2, 0.25) is 0 Å². The normalized spacial score (nSPS) is 13.4. The third-order valence-electron chi connectivity index (χ3n) is 3.07. The summed E-state index contributed by atoms with van der Waals surface area (Å²) in [7, 11) is 2.01. The summed E-state index contributed by atoms with van der Waals surface area (Å²) in [6.45, 7) is 8.87. The SMILES string of the molecule is CCN(CC)C(CN)c1nc(C)n(C)c1Br. The van der Waals surface area contributed by atoms with Gasteiger partial charge in [0.05, 0.1) is 11.7 Å². The van der Waals surface area contributed by atoms with Gasteiger partial charge in [0.25, 0.3) is 0 Å². The first-order valence-corrected chi connectivity index (χ1v) is 6.48. The predicted molar refractivity (Wildman–Crippen MR) is 70.4 cm³/mol. The Morgan fingerprint density at radius 1 is 1.44 bits per heavy atom. The van der Waals surface area contributed by atoms with Crippen molar-refractivity contribution in [3.8, 4) is 0 Å². The lowest BCUT2D eigenvalue weighted by atomic mass is 10.2. The van der Waals surface area contributed by atoms with Crippen LogP contribution in [0.1, 0.15) is 31.4 Å². The minimum absolute atomic E-state index is 0.198. The second-order valence-corrected chi connectivity index (χ2v) is 4.62. The number of nitrogens with two attached hydrogens (primary N) is 1. The van der Waals surface area contributed by atoms with E-state index in [0.717, 1.165) is 29.2 Å². The van der Waals surface area contributed by atoms with Crippen molar-refractivity contribution in [1.29, 1.82) is 0 Å². The zero-order valence-corrected chi connectivity index (χ0v) is 12.1. The Morgan fingerprint density at radius 3 is 2.31 bits per heavy atom. The van der Waals surface area contributed by atoms with Crippen LogP contribution in [-0.2, 0) is 7.05 Å². The number of aryl methyl sites for hydroxylation is 1. The smallest absolute Gasteiger partial charge is 0.109 e. The van der Waals surface area contributed by atoms with Crippen molar-refractivity contribution in [2.24, 2.45) is 12.8 Å². The van der Waals surface area contributed by atoms with E-state index in [2.05, 4.69) is 39.7 Å². The van der Waals surface area contributed by atoms with Crippen LogP contribution >= 0.6 is 15.9 Å². The van der Waals surface area contributed by atoms with Crippen molar-refractivity contribution in [1.82, 2.24) is 14.5 Å². The van der Waals surface area contributed by atoms with Gasteiger partial charge in [-0.05, 0) is 35.9 Å². The Hall–Kier alpha value is -0.390. The maximum absolute atomic E-state index is 5.87. The Labute approximate surface area is 106 Å². The van der Waals surface area contributed by atoms with E-state index >= 15 is 0 Å². The predicted octanol–water partition coefficient (Wildman–Crippen LogP) is 1.83. The van der Waals surface area contributed by atoms with Gasteiger partial charge < -0.3 is 10.3 Å². The molecular formula is C11H21BrN4. The quantitative estimate of drug-likeness (QED) is 0.899. The Bertz CT molecular complexity index is 344. The van der Waals surface area contributed by atoms with Crippen molar-refractivity contribution < 1.29 is 0 Å². The van der Waals surface area contributed by atoms with Crippen LogP contribution in [0.15, 0.2) is 4.60 Å². The molecule has 0 amide bonds. The van der Waals surface area contributed by atoms with Gasteiger partial charge in [-0.2, -0.15) is 0 Å². The summed E-state index contributed by atoms with van der Waals surface area (Å²) in [4.78, 5) is 6.92. The molecule has 0 radical (unpaired) electrons. The molecule has 2 N–H and O–H groups in total. The first-order chi connectivity index (χ1) is 7.56. The summed E-state index contributed by atoms with van der Waals surface area (Å²) < 4.78 is 3.08. The van der Waals surface area contributed by atoms with E-state index in [9.17, 15) is 0 Å². The molecule has 0 aromatic carbocycles. The van der Waals surface area contributed by atoms with Crippen molar-refractivity contribution in [2.45, 2.75) is 26.8 Å². The van der Waals surface area contributed by atoms with Gasteiger partial charge in [0, 0.05) is 13.6 Å². The molecule has 1 unspecified atom stereocenters. The number of hydrogen-bond acceptors (Lipinski definition) is 3. The number of rotatable bonds is 5. The third kappa shape index (κ3) is 2.47. The Morgan fingerprint density at radius 2 is 2.00 bits per heavy atom. The van der Waals surface area contributed by atoms with Crippen LogP contribution in [0, 0.1) is 6.92 Å². The van der Waals surface area contributed by atoms with Gasteiger partial charge >= 0.3 is 0 Å². The summed E-state index contributed by atoms with van der Waals surface area (Å²) in [5, 5.41) is 0. The van der Waals surface area contributed by atoms with E-state index in [1.54, 1.807) is 0 Å². The highest BCUT2D eigenvalue weighted by atomic mass is 79.9. The van der Waals surface area contributed by atoms with Gasteiger partial charge in [-0.25, -0.2) is 4.98 Å². The third-order valence-corrected chi connectivity index (χ3v) is 4.00. The summed E-state index contributed by atoms with van der Waals surface area (Å²) in [6, 6.07) is 0.198. The average Bonchev–Trinajstić information content (AvgIpc) is 2.53. The Kier molecular flexibility index (Phi) is 4.95.